The van der Waals surface area contributed by atoms with Gasteiger partial charge in [0.25, 0.3) is 0 Å². The second-order valence-electron chi connectivity index (χ2n) is 20.4. The van der Waals surface area contributed by atoms with Crippen LogP contribution in [0.15, 0.2) is 120 Å². The molecule has 1 fully saturated rings. The minimum Gasteiger partial charge on any atom is -0.454 e. The van der Waals surface area contributed by atoms with Crippen LogP contribution in [0.5, 0.6) is 0 Å². The van der Waals surface area contributed by atoms with Crippen molar-refractivity contribution in [2.24, 2.45) is 0 Å². The maximum Gasteiger partial charge on any atom is 0.330 e. The van der Waals surface area contributed by atoms with Crippen molar-refractivity contribution in [3.63, 3.8) is 0 Å². The largest absolute Gasteiger partial charge is 0.454 e. The van der Waals surface area contributed by atoms with Crippen molar-refractivity contribution in [3.8, 4) is 22.3 Å². The smallest absolute Gasteiger partial charge is 0.330 e. The first-order chi connectivity index (χ1) is 28.3. The summed E-state index contributed by atoms with van der Waals surface area (Å²) in [4.78, 5) is 5.62. The molecule has 292 valence electrons. The summed E-state index contributed by atoms with van der Waals surface area (Å²) in [7, 11) is 0. The zero-order chi connectivity index (χ0) is 40.4. The van der Waals surface area contributed by atoms with Crippen molar-refractivity contribution in [2.75, 3.05) is 9.71 Å². The minimum atomic E-state index is -0.0761. The molecule has 4 aliphatic rings. The van der Waals surface area contributed by atoms with Gasteiger partial charge in [0.15, 0.2) is 5.58 Å². The lowest BCUT2D eigenvalue weighted by Gasteiger charge is -2.55. The van der Waals surface area contributed by atoms with Gasteiger partial charge in [-0.15, -0.1) is 11.3 Å². The van der Waals surface area contributed by atoms with Gasteiger partial charge in [-0.05, 0) is 111 Å². The topological polar surface area (TPSA) is 19.6 Å². The van der Waals surface area contributed by atoms with Crippen molar-refractivity contribution in [1.82, 2.24) is 0 Å². The van der Waals surface area contributed by atoms with Gasteiger partial charge in [0.2, 0.25) is 0 Å². The van der Waals surface area contributed by atoms with E-state index in [0.29, 0.717) is 0 Å². The monoisotopic (exact) mass is 786 g/mol. The first-order valence-electron chi connectivity index (χ1n) is 21.8. The third-order valence-electron chi connectivity index (χ3n) is 15.1. The highest BCUT2D eigenvalue weighted by Crippen LogP contribution is 2.64. The lowest BCUT2D eigenvalue weighted by Crippen LogP contribution is -2.70. The van der Waals surface area contributed by atoms with E-state index in [1.54, 1.807) is 5.56 Å². The van der Waals surface area contributed by atoms with E-state index in [4.69, 9.17) is 4.42 Å². The molecular weight excluding hydrogens is 735 g/mol. The molecule has 5 heteroatoms. The number of thiophene rings is 1. The number of fused-ring (bicyclic) bond motifs is 13. The first-order valence-corrected chi connectivity index (χ1v) is 22.6. The number of nitrogens with zero attached hydrogens (tertiary/aromatic N) is 2. The molecule has 5 heterocycles. The molecule has 2 atom stereocenters. The van der Waals surface area contributed by atoms with Crippen molar-refractivity contribution in [1.29, 1.82) is 0 Å². The second kappa shape index (κ2) is 11.7. The van der Waals surface area contributed by atoms with Gasteiger partial charge in [-0.25, -0.2) is 0 Å². The van der Waals surface area contributed by atoms with Gasteiger partial charge in [-0.3, -0.25) is 4.90 Å². The van der Waals surface area contributed by atoms with E-state index in [0.717, 1.165) is 11.2 Å². The van der Waals surface area contributed by atoms with Gasteiger partial charge in [-0.1, -0.05) is 140 Å². The molecule has 0 N–H and O–H groups in total. The molecule has 0 saturated heterocycles. The normalized spacial score (nSPS) is 20.6. The lowest BCUT2D eigenvalue weighted by molar-refractivity contribution is 0.199. The van der Waals surface area contributed by atoms with Crippen LogP contribution in [0, 0.1) is 0 Å². The Labute approximate surface area is 352 Å². The van der Waals surface area contributed by atoms with E-state index < -0.39 is 0 Å². The summed E-state index contributed by atoms with van der Waals surface area (Å²) in [5.74, 6) is 0. The Morgan fingerprint density at radius 1 is 0.627 bits per heavy atom. The Morgan fingerprint density at radius 3 is 2.10 bits per heavy atom. The number of hydrogen-bond donors (Lipinski definition) is 0. The summed E-state index contributed by atoms with van der Waals surface area (Å²) in [5, 5.41) is 5.02. The predicted octanol–water partition coefficient (Wildman–Crippen LogP) is 14.0. The zero-order valence-corrected chi connectivity index (χ0v) is 36.4. The molecule has 59 heavy (non-hydrogen) atoms. The Bertz CT molecular complexity index is 3090. The molecule has 3 nitrogen and oxygen atoms in total. The van der Waals surface area contributed by atoms with Crippen molar-refractivity contribution >= 4 is 83.2 Å². The van der Waals surface area contributed by atoms with Gasteiger partial charge in [-0.2, -0.15) is 0 Å². The SMILES string of the molecule is CC(C)(C)c1ccc(N2c3sc4ccccc4c3B3c4c(cc5c(oc6ccccc65)c42)-c2cc(C(C)(C)C)cc4c2N3C2(C)CCCCC42C)c(-c2ccccc2)c1. The van der Waals surface area contributed by atoms with E-state index in [1.807, 2.05) is 11.3 Å². The molecular formula is C54H51BN2OS. The molecule has 2 unspecified atom stereocenters. The molecule has 0 amide bonds. The number of furan rings is 1. The highest BCUT2D eigenvalue weighted by atomic mass is 32.1. The van der Waals surface area contributed by atoms with Crippen LogP contribution < -0.4 is 20.6 Å². The van der Waals surface area contributed by atoms with E-state index in [2.05, 4.69) is 180 Å². The van der Waals surface area contributed by atoms with E-state index in [1.165, 1.54) is 113 Å². The molecule has 2 aromatic heterocycles. The number of para-hydroxylation sites is 1. The highest BCUT2D eigenvalue weighted by molar-refractivity contribution is 7.26. The molecule has 0 spiro atoms. The first kappa shape index (κ1) is 35.7. The summed E-state index contributed by atoms with van der Waals surface area (Å²) in [5.41, 5.74) is 18.0. The second-order valence-corrected chi connectivity index (χ2v) is 21.4. The van der Waals surface area contributed by atoms with E-state index in [-0.39, 0.29) is 28.6 Å². The average molecular weight is 787 g/mol. The number of rotatable bonds is 2. The Morgan fingerprint density at radius 2 is 1.32 bits per heavy atom. The van der Waals surface area contributed by atoms with Crippen LogP contribution in [-0.4, -0.2) is 12.4 Å². The summed E-state index contributed by atoms with van der Waals surface area (Å²) in [6.07, 6.45) is 4.89. The summed E-state index contributed by atoms with van der Waals surface area (Å²) in [6.45, 7) is 19.4. The summed E-state index contributed by atoms with van der Waals surface area (Å²) < 4.78 is 8.56. The summed E-state index contributed by atoms with van der Waals surface area (Å²) in [6, 6.07) is 43.9. The van der Waals surface area contributed by atoms with Crippen LogP contribution in [0.2, 0.25) is 0 Å². The molecule has 0 bridgehead atoms. The van der Waals surface area contributed by atoms with Gasteiger partial charge in [0.1, 0.15) is 5.58 Å². The quantitative estimate of drug-likeness (QED) is 0.163. The molecule has 8 aromatic rings. The lowest BCUT2D eigenvalue weighted by atomic mass is 9.42. The molecule has 1 aliphatic carbocycles. The van der Waals surface area contributed by atoms with Crippen LogP contribution in [0.4, 0.5) is 22.1 Å². The molecule has 0 radical (unpaired) electrons. The molecule has 12 rings (SSSR count). The number of benzene rings is 6. The molecule has 1 saturated carbocycles. The maximum absolute atomic E-state index is 7.23. The third-order valence-corrected chi connectivity index (χ3v) is 16.3. The fourth-order valence-electron chi connectivity index (χ4n) is 11.8. The zero-order valence-electron chi connectivity index (χ0n) is 35.6. The van der Waals surface area contributed by atoms with Crippen molar-refractivity contribution in [3.05, 3.63) is 132 Å². The number of hydrogen-bond acceptors (Lipinski definition) is 4. The Balaban J connectivity index is 1.30. The Hall–Kier alpha value is -5.26. The average Bonchev–Trinajstić information content (AvgIpc) is 3.86. The van der Waals surface area contributed by atoms with Crippen LogP contribution in [0.3, 0.4) is 0 Å². The van der Waals surface area contributed by atoms with Crippen LogP contribution in [0.25, 0.3) is 54.3 Å². The van der Waals surface area contributed by atoms with Crippen molar-refractivity contribution in [2.45, 2.75) is 103 Å². The number of anilines is 4. The fraction of sp³-hybridized carbons (Fsp3) is 0.296. The fourth-order valence-corrected chi connectivity index (χ4v) is 13.0. The summed E-state index contributed by atoms with van der Waals surface area (Å²) >= 11 is 1.95. The van der Waals surface area contributed by atoms with Gasteiger partial charge in [0, 0.05) is 43.2 Å². The Kier molecular flexibility index (Phi) is 7.09. The maximum atomic E-state index is 7.23. The van der Waals surface area contributed by atoms with Gasteiger partial charge < -0.3 is 9.23 Å². The highest BCUT2D eigenvalue weighted by Gasteiger charge is 2.63. The van der Waals surface area contributed by atoms with Gasteiger partial charge in [0.05, 0.1) is 16.4 Å². The predicted molar refractivity (Wildman–Crippen MR) is 254 cm³/mol. The van der Waals surface area contributed by atoms with Gasteiger partial charge >= 0.3 is 6.85 Å². The molecule has 3 aliphatic heterocycles. The van der Waals surface area contributed by atoms with E-state index >= 15 is 0 Å². The molecule has 6 aromatic carbocycles. The van der Waals surface area contributed by atoms with Crippen molar-refractivity contribution < 1.29 is 4.42 Å². The van der Waals surface area contributed by atoms with Crippen LogP contribution in [-0.2, 0) is 16.2 Å². The third kappa shape index (κ3) is 4.60. The van der Waals surface area contributed by atoms with E-state index in [9.17, 15) is 0 Å². The van der Waals surface area contributed by atoms with Crippen LogP contribution >= 0.6 is 11.3 Å². The minimum absolute atomic E-state index is 0.00806. The van der Waals surface area contributed by atoms with Crippen LogP contribution in [0.1, 0.15) is 97.8 Å². The standard InChI is InChI=1S/C54H51BN2OS/c1-51(2,3)33-24-25-42(37(28-33)32-18-10-9-11-19-32)56-48-45-38(31-40-35-20-12-14-22-43(35)58-49(40)48)39-29-34(52(4,5)6)30-41-47(39)57(54(8)27-17-16-26-53(41,54)7)55(45)46-36-21-13-15-23-44(36)59-50(46)56/h9-15,18-25,28-31H,16-17,26-27H2,1-8H3.